The largest absolute Gasteiger partial charge is 0.385 e. The van der Waals surface area contributed by atoms with E-state index in [9.17, 15) is 0 Å². The molecule has 1 heteroatoms. The van der Waals surface area contributed by atoms with Crippen LogP contribution in [0.3, 0.4) is 0 Å². The summed E-state index contributed by atoms with van der Waals surface area (Å²) in [6, 6.07) is 0. The molecule has 2 saturated carbocycles. The summed E-state index contributed by atoms with van der Waals surface area (Å²) in [5.74, 6) is 4.25. The SMILES string of the molecule is CCCCCCCC1CCC(C2CCC(CCCOC)CC2)CC1. The molecule has 0 heterocycles. The lowest BCUT2D eigenvalue weighted by atomic mass is 9.68. The molecule has 0 N–H and O–H groups in total. The van der Waals surface area contributed by atoms with Gasteiger partial charge in [-0.1, -0.05) is 71.1 Å². The van der Waals surface area contributed by atoms with Gasteiger partial charge in [-0.3, -0.25) is 0 Å². The van der Waals surface area contributed by atoms with E-state index in [1.54, 1.807) is 25.7 Å². The highest BCUT2D eigenvalue weighted by atomic mass is 16.5. The van der Waals surface area contributed by atoms with Gasteiger partial charge < -0.3 is 4.74 Å². The van der Waals surface area contributed by atoms with E-state index in [1.165, 1.54) is 77.0 Å². The first kappa shape index (κ1) is 20.3. The zero-order chi connectivity index (χ0) is 17.0. The van der Waals surface area contributed by atoms with Crippen LogP contribution < -0.4 is 0 Å². The number of ether oxygens (including phenoxy) is 1. The third kappa shape index (κ3) is 7.46. The molecule has 2 aliphatic rings. The number of hydrogen-bond acceptors (Lipinski definition) is 1. The first-order chi connectivity index (χ1) is 11.8. The van der Waals surface area contributed by atoms with E-state index in [0.29, 0.717) is 0 Å². The van der Waals surface area contributed by atoms with Gasteiger partial charge in [-0.2, -0.15) is 0 Å². The molecule has 0 atom stereocenters. The van der Waals surface area contributed by atoms with E-state index < -0.39 is 0 Å². The smallest absolute Gasteiger partial charge is 0.0462 e. The standard InChI is InChI=1S/C23H44O/c1-3-4-5-6-7-9-20-11-15-22(16-12-20)23-17-13-21(14-18-23)10-8-19-24-2/h20-23H,3-19H2,1-2H3. The zero-order valence-corrected chi connectivity index (χ0v) is 16.7. The summed E-state index contributed by atoms with van der Waals surface area (Å²) in [5, 5.41) is 0. The van der Waals surface area contributed by atoms with Crippen LogP contribution >= 0.6 is 0 Å². The summed E-state index contributed by atoms with van der Waals surface area (Å²) in [7, 11) is 1.83. The van der Waals surface area contributed by atoms with Gasteiger partial charge in [0.2, 0.25) is 0 Å². The molecule has 0 aromatic carbocycles. The Balaban J connectivity index is 1.53. The van der Waals surface area contributed by atoms with E-state index in [4.69, 9.17) is 4.74 Å². The van der Waals surface area contributed by atoms with Crippen molar-refractivity contribution in [2.75, 3.05) is 13.7 Å². The van der Waals surface area contributed by atoms with E-state index >= 15 is 0 Å². The fourth-order valence-electron chi connectivity index (χ4n) is 5.45. The van der Waals surface area contributed by atoms with Crippen molar-refractivity contribution >= 4 is 0 Å². The second kappa shape index (κ2) is 12.3. The zero-order valence-electron chi connectivity index (χ0n) is 16.7. The molecule has 0 aliphatic heterocycles. The lowest BCUT2D eigenvalue weighted by Crippen LogP contribution is -2.26. The minimum absolute atomic E-state index is 0.961. The predicted octanol–water partition coefficient (Wildman–Crippen LogP) is 7.39. The van der Waals surface area contributed by atoms with Crippen molar-refractivity contribution in [3.63, 3.8) is 0 Å². The molecule has 0 amide bonds. The molecule has 1 nitrogen and oxygen atoms in total. The first-order valence-electron chi connectivity index (χ1n) is 11.3. The first-order valence-corrected chi connectivity index (χ1v) is 11.3. The van der Waals surface area contributed by atoms with Gasteiger partial charge in [-0.15, -0.1) is 0 Å². The van der Waals surface area contributed by atoms with E-state index in [-0.39, 0.29) is 0 Å². The van der Waals surface area contributed by atoms with E-state index in [2.05, 4.69) is 6.92 Å². The van der Waals surface area contributed by atoms with Crippen LogP contribution in [0.2, 0.25) is 0 Å². The van der Waals surface area contributed by atoms with E-state index in [0.717, 1.165) is 30.3 Å². The molecule has 0 bridgehead atoms. The number of rotatable bonds is 11. The summed E-state index contributed by atoms with van der Waals surface area (Å²) in [6.45, 7) is 3.27. The minimum atomic E-state index is 0.961. The maximum absolute atomic E-state index is 5.21. The Morgan fingerprint density at radius 3 is 1.62 bits per heavy atom. The van der Waals surface area contributed by atoms with Crippen molar-refractivity contribution in [2.24, 2.45) is 23.7 Å². The van der Waals surface area contributed by atoms with Gasteiger partial charge in [0.1, 0.15) is 0 Å². The molecule has 2 rings (SSSR count). The molecule has 0 spiro atoms. The molecule has 2 fully saturated rings. The second-order valence-electron chi connectivity index (χ2n) is 8.90. The van der Waals surface area contributed by atoms with Gasteiger partial charge in [0.15, 0.2) is 0 Å². The highest BCUT2D eigenvalue weighted by Crippen LogP contribution is 2.43. The van der Waals surface area contributed by atoms with E-state index in [1.807, 2.05) is 7.11 Å². The summed E-state index contributed by atoms with van der Waals surface area (Å²) in [5.41, 5.74) is 0. The third-order valence-corrected chi connectivity index (χ3v) is 7.13. The summed E-state index contributed by atoms with van der Waals surface area (Å²) in [6.07, 6.45) is 23.8. The van der Waals surface area contributed by atoms with Gasteiger partial charge in [0.05, 0.1) is 0 Å². The molecule has 0 unspecified atom stereocenters. The lowest BCUT2D eigenvalue weighted by molar-refractivity contribution is 0.133. The van der Waals surface area contributed by atoms with Gasteiger partial charge in [-0.05, 0) is 62.2 Å². The van der Waals surface area contributed by atoms with Crippen LogP contribution in [0.15, 0.2) is 0 Å². The van der Waals surface area contributed by atoms with Crippen molar-refractivity contribution in [3.8, 4) is 0 Å². The van der Waals surface area contributed by atoms with Crippen molar-refractivity contribution in [1.82, 2.24) is 0 Å². The van der Waals surface area contributed by atoms with Crippen LogP contribution in [0.25, 0.3) is 0 Å². The lowest BCUT2D eigenvalue weighted by Gasteiger charge is -2.38. The fourth-order valence-corrected chi connectivity index (χ4v) is 5.45. The average molecular weight is 337 g/mol. The molecule has 0 saturated heterocycles. The Labute approximate surface area is 152 Å². The van der Waals surface area contributed by atoms with Crippen LogP contribution in [0, 0.1) is 23.7 Å². The van der Waals surface area contributed by atoms with Gasteiger partial charge >= 0.3 is 0 Å². The molecule has 0 aromatic rings. The topological polar surface area (TPSA) is 9.23 Å². The highest BCUT2D eigenvalue weighted by Gasteiger charge is 2.30. The Morgan fingerprint density at radius 2 is 1.12 bits per heavy atom. The number of methoxy groups -OCH3 is 1. The predicted molar refractivity (Wildman–Crippen MR) is 105 cm³/mol. The fraction of sp³-hybridized carbons (Fsp3) is 1.00. The van der Waals surface area contributed by atoms with Gasteiger partial charge in [-0.25, -0.2) is 0 Å². The maximum atomic E-state index is 5.21. The Morgan fingerprint density at radius 1 is 0.625 bits per heavy atom. The summed E-state index contributed by atoms with van der Waals surface area (Å²) in [4.78, 5) is 0. The Bertz CT molecular complexity index is 284. The average Bonchev–Trinajstić information content (AvgIpc) is 2.63. The molecule has 0 radical (unpaired) electrons. The van der Waals surface area contributed by atoms with Gasteiger partial charge in [0, 0.05) is 13.7 Å². The molecule has 24 heavy (non-hydrogen) atoms. The monoisotopic (exact) mass is 336 g/mol. The summed E-state index contributed by atoms with van der Waals surface area (Å²) >= 11 is 0. The minimum Gasteiger partial charge on any atom is -0.385 e. The summed E-state index contributed by atoms with van der Waals surface area (Å²) < 4.78 is 5.21. The van der Waals surface area contributed by atoms with Gasteiger partial charge in [0.25, 0.3) is 0 Å². The van der Waals surface area contributed by atoms with Crippen molar-refractivity contribution in [1.29, 1.82) is 0 Å². The third-order valence-electron chi connectivity index (χ3n) is 7.13. The molecular formula is C23H44O. The molecule has 142 valence electrons. The van der Waals surface area contributed by atoms with Crippen LogP contribution in [0.1, 0.15) is 110 Å². The van der Waals surface area contributed by atoms with Crippen LogP contribution in [0.4, 0.5) is 0 Å². The molecule has 0 aromatic heterocycles. The Kier molecular flexibility index (Phi) is 10.4. The normalized spacial score (nSPS) is 31.2. The van der Waals surface area contributed by atoms with Crippen molar-refractivity contribution in [2.45, 2.75) is 110 Å². The quantitative estimate of drug-likeness (QED) is 0.357. The Hall–Kier alpha value is -0.0400. The molecular weight excluding hydrogens is 292 g/mol. The maximum Gasteiger partial charge on any atom is 0.0462 e. The van der Waals surface area contributed by atoms with Crippen LogP contribution in [-0.4, -0.2) is 13.7 Å². The van der Waals surface area contributed by atoms with Crippen LogP contribution in [0.5, 0.6) is 0 Å². The second-order valence-corrected chi connectivity index (χ2v) is 8.90. The molecule has 2 aliphatic carbocycles. The number of hydrogen-bond donors (Lipinski definition) is 0. The number of unbranched alkanes of at least 4 members (excludes halogenated alkanes) is 4. The van der Waals surface area contributed by atoms with Crippen LogP contribution in [-0.2, 0) is 4.74 Å². The van der Waals surface area contributed by atoms with Crippen molar-refractivity contribution < 1.29 is 4.74 Å². The van der Waals surface area contributed by atoms with Crippen molar-refractivity contribution in [3.05, 3.63) is 0 Å². The highest BCUT2D eigenvalue weighted by molar-refractivity contribution is 4.82.